The van der Waals surface area contributed by atoms with E-state index in [2.05, 4.69) is 36.5 Å². The average molecular weight is 319 g/mol. The summed E-state index contributed by atoms with van der Waals surface area (Å²) >= 11 is 0. The molecule has 0 aliphatic heterocycles. The molecular formula is C14H27ClN4O2. The molecule has 0 bridgehead atoms. The van der Waals surface area contributed by atoms with E-state index in [9.17, 15) is 4.79 Å². The van der Waals surface area contributed by atoms with Crippen LogP contribution in [0, 0.1) is 6.92 Å². The maximum atomic E-state index is 12.0. The van der Waals surface area contributed by atoms with E-state index in [0.717, 1.165) is 12.2 Å². The van der Waals surface area contributed by atoms with Gasteiger partial charge >= 0.3 is 0 Å². The maximum Gasteiger partial charge on any atom is 0.271 e. The SMILES string of the molecule is COCCNCCNC(=O)c1cc(C)n(C(C)(C)C)n1.Cl. The summed E-state index contributed by atoms with van der Waals surface area (Å²) in [5.41, 5.74) is 1.33. The van der Waals surface area contributed by atoms with E-state index in [1.807, 2.05) is 17.7 Å². The average Bonchev–Trinajstić information content (AvgIpc) is 2.75. The predicted octanol–water partition coefficient (Wildman–Crippen LogP) is 1.33. The Morgan fingerprint density at radius 3 is 2.52 bits per heavy atom. The van der Waals surface area contributed by atoms with Crippen LogP contribution < -0.4 is 10.6 Å². The van der Waals surface area contributed by atoms with Gasteiger partial charge in [0.15, 0.2) is 0 Å². The number of carbonyl (C=O) groups is 1. The largest absolute Gasteiger partial charge is 0.383 e. The molecule has 122 valence electrons. The molecule has 0 radical (unpaired) electrons. The van der Waals surface area contributed by atoms with Gasteiger partial charge in [0.1, 0.15) is 5.69 Å². The fourth-order valence-electron chi connectivity index (χ4n) is 1.92. The second-order valence-electron chi connectivity index (χ2n) is 5.75. The van der Waals surface area contributed by atoms with Crippen molar-refractivity contribution in [3.63, 3.8) is 0 Å². The number of hydrogen-bond donors (Lipinski definition) is 2. The Labute approximate surface area is 133 Å². The Morgan fingerprint density at radius 1 is 1.33 bits per heavy atom. The van der Waals surface area contributed by atoms with Gasteiger partial charge in [0.25, 0.3) is 5.91 Å². The topological polar surface area (TPSA) is 68.2 Å². The third-order valence-corrected chi connectivity index (χ3v) is 2.83. The summed E-state index contributed by atoms with van der Waals surface area (Å²) in [7, 11) is 1.66. The van der Waals surface area contributed by atoms with Crippen LogP contribution in [0.25, 0.3) is 0 Å². The highest BCUT2D eigenvalue weighted by Crippen LogP contribution is 2.16. The van der Waals surface area contributed by atoms with E-state index >= 15 is 0 Å². The van der Waals surface area contributed by atoms with Crippen LogP contribution in [-0.2, 0) is 10.3 Å². The van der Waals surface area contributed by atoms with Gasteiger partial charge in [-0.05, 0) is 33.8 Å². The number of aryl methyl sites for hydroxylation is 1. The van der Waals surface area contributed by atoms with E-state index < -0.39 is 0 Å². The number of nitrogens with one attached hydrogen (secondary N) is 2. The highest BCUT2D eigenvalue weighted by molar-refractivity contribution is 5.92. The van der Waals surface area contributed by atoms with Gasteiger partial charge in [-0.1, -0.05) is 0 Å². The Hall–Kier alpha value is -1.11. The number of rotatable bonds is 7. The van der Waals surface area contributed by atoms with Crippen molar-refractivity contribution in [1.29, 1.82) is 0 Å². The van der Waals surface area contributed by atoms with Crippen molar-refractivity contribution in [2.75, 3.05) is 33.4 Å². The van der Waals surface area contributed by atoms with Crippen molar-refractivity contribution in [2.45, 2.75) is 33.2 Å². The molecule has 1 amide bonds. The maximum absolute atomic E-state index is 12.0. The summed E-state index contributed by atoms with van der Waals surface area (Å²) in [5, 5.41) is 10.4. The fraction of sp³-hybridized carbons (Fsp3) is 0.714. The van der Waals surface area contributed by atoms with Crippen molar-refractivity contribution in [3.05, 3.63) is 17.5 Å². The second-order valence-corrected chi connectivity index (χ2v) is 5.75. The summed E-state index contributed by atoms with van der Waals surface area (Å²) in [5.74, 6) is -0.135. The molecule has 1 heterocycles. The lowest BCUT2D eigenvalue weighted by molar-refractivity contribution is 0.0947. The molecule has 1 aromatic heterocycles. The van der Waals surface area contributed by atoms with Crippen LogP contribution >= 0.6 is 12.4 Å². The first-order valence-electron chi connectivity index (χ1n) is 6.91. The molecule has 0 spiro atoms. The zero-order chi connectivity index (χ0) is 15.2. The minimum absolute atomic E-state index is 0. The fourth-order valence-corrected chi connectivity index (χ4v) is 1.92. The van der Waals surface area contributed by atoms with Crippen molar-refractivity contribution in [1.82, 2.24) is 20.4 Å². The van der Waals surface area contributed by atoms with Crippen LogP contribution in [0.4, 0.5) is 0 Å². The molecule has 21 heavy (non-hydrogen) atoms. The Kier molecular flexibility index (Phi) is 8.54. The van der Waals surface area contributed by atoms with Crippen molar-refractivity contribution in [3.8, 4) is 0 Å². The minimum Gasteiger partial charge on any atom is -0.383 e. The summed E-state index contributed by atoms with van der Waals surface area (Å²) in [6.45, 7) is 10.9. The Morgan fingerprint density at radius 2 is 2.00 bits per heavy atom. The van der Waals surface area contributed by atoms with Crippen molar-refractivity contribution >= 4 is 18.3 Å². The van der Waals surface area contributed by atoms with Gasteiger partial charge in [-0.15, -0.1) is 12.4 Å². The van der Waals surface area contributed by atoms with Gasteiger partial charge in [-0.25, -0.2) is 0 Å². The summed E-state index contributed by atoms with van der Waals surface area (Å²) < 4.78 is 6.80. The molecule has 1 aromatic rings. The molecule has 1 rings (SSSR count). The highest BCUT2D eigenvalue weighted by Gasteiger charge is 2.19. The van der Waals surface area contributed by atoms with Gasteiger partial charge in [0.2, 0.25) is 0 Å². The highest BCUT2D eigenvalue weighted by atomic mass is 35.5. The molecular weight excluding hydrogens is 292 g/mol. The molecule has 0 unspecified atom stereocenters. The quantitative estimate of drug-likeness (QED) is 0.744. The summed E-state index contributed by atoms with van der Waals surface area (Å²) in [6.07, 6.45) is 0. The van der Waals surface area contributed by atoms with Crippen LogP contribution in [0.15, 0.2) is 6.07 Å². The standard InChI is InChI=1S/C14H26N4O2.ClH/c1-11-10-12(17-18(11)14(2,3)4)13(19)16-7-6-15-8-9-20-5;/h10,15H,6-9H2,1-5H3,(H,16,19);1H. The van der Waals surface area contributed by atoms with Crippen molar-refractivity contribution < 1.29 is 9.53 Å². The molecule has 0 atom stereocenters. The minimum atomic E-state index is -0.135. The van der Waals surface area contributed by atoms with E-state index in [4.69, 9.17) is 4.74 Å². The van der Waals surface area contributed by atoms with Gasteiger partial charge in [-0.3, -0.25) is 9.48 Å². The number of methoxy groups -OCH3 is 1. The number of halogens is 1. The Balaban J connectivity index is 0.00000400. The van der Waals surface area contributed by atoms with Gasteiger partial charge in [0.05, 0.1) is 12.1 Å². The monoisotopic (exact) mass is 318 g/mol. The third kappa shape index (κ3) is 6.46. The molecule has 0 saturated heterocycles. The van der Waals surface area contributed by atoms with Crippen LogP contribution in [0.5, 0.6) is 0 Å². The zero-order valence-electron chi connectivity index (χ0n) is 13.5. The normalized spacial score (nSPS) is 11.1. The van der Waals surface area contributed by atoms with Crippen molar-refractivity contribution in [2.24, 2.45) is 0 Å². The van der Waals surface area contributed by atoms with Crippen LogP contribution in [0.2, 0.25) is 0 Å². The molecule has 0 saturated carbocycles. The molecule has 0 aromatic carbocycles. The van der Waals surface area contributed by atoms with Crippen LogP contribution in [-0.4, -0.2) is 49.0 Å². The smallest absolute Gasteiger partial charge is 0.271 e. The van der Waals surface area contributed by atoms with Gasteiger partial charge in [-0.2, -0.15) is 5.10 Å². The lowest BCUT2D eigenvalue weighted by Crippen LogP contribution is -2.33. The lowest BCUT2D eigenvalue weighted by Gasteiger charge is -2.21. The molecule has 7 heteroatoms. The molecule has 6 nitrogen and oxygen atoms in total. The molecule has 0 aliphatic rings. The first kappa shape index (κ1) is 19.9. The number of aromatic nitrogens is 2. The number of carbonyl (C=O) groups excluding carboxylic acids is 1. The molecule has 0 fully saturated rings. The number of hydrogen-bond acceptors (Lipinski definition) is 4. The summed E-state index contributed by atoms with van der Waals surface area (Å²) in [6, 6.07) is 1.82. The lowest BCUT2D eigenvalue weighted by atomic mass is 10.1. The van der Waals surface area contributed by atoms with Crippen LogP contribution in [0.3, 0.4) is 0 Å². The summed E-state index contributed by atoms with van der Waals surface area (Å²) in [4.78, 5) is 12.0. The van der Waals surface area contributed by atoms with Crippen LogP contribution in [0.1, 0.15) is 37.0 Å². The van der Waals surface area contributed by atoms with E-state index in [-0.39, 0.29) is 23.9 Å². The second kappa shape index (κ2) is 9.02. The predicted molar refractivity (Wildman–Crippen MR) is 86.3 cm³/mol. The Bertz CT molecular complexity index is 441. The van der Waals surface area contributed by atoms with Gasteiger partial charge in [0, 0.05) is 32.4 Å². The third-order valence-electron chi connectivity index (χ3n) is 2.83. The first-order valence-corrected chi connectivity index (χ1v) is 6.91. The van der Waals surface area contributed by atoms with E-state index in [0.29, 0.717) is 25.4 Å². The number of ether oxygens (including phenoxy) is 1. The first-order chi connectivity index (χ1) is 9.36. The zero-order valence-corrected chi connectivity index (χ0v) is 14.3. The van der Waals surface area contributed by atoms with Gasteiger partial charge < -0.3 is 15.4 Å². The molecule has 2 N–H and O–H groups in total. The number of nitrogens with zero attached hydrogens (tertiary/aromatic N) is 2. The van der Waals surface area contributed by atoms with E-state index in [1.54, 1.807) is 7.11 Å². The molecule has 0 aliphatic carbocycles. The van der Waals surface area contributed by atoms with E-state index in [1.165, 1.54) is 0 Å². The number of amides is 1.